The van der Waals surface area contributed by atoms with Crippen LogP contribution in [-0.2, 0) is 6.54 Å². The lowest BCUT2D eigenvalue weighted by atomic mass is 9.91. The number of carbonyl (C=O) groups is 1. The molecule has 1 aromatic heterocycles. The number of hydrogen-bond acceptors (Lipinski definition) is 5. The van der Waals surface area contributed by atoms with Crippen molar-refractivity contribution in [2.45, 2.75) is 57.4 Å². The van der Waals surface area contributed by atoms with Crippen LogP contribution in [0.5, 0.6) is 0 Å². The van der Waals surface area contributed by atoms with E-state index in [9.17, 15) is 13.6 Å². The summed E-state index contributed by atoms with van der Waals surface area (Å²) in [5.41, 5.74) is 8.32. The van der Waals surface area contributed by atoms with E-state index < -0.39 is 17.7 Å². The Labute approximate surface area is 227 Å². The summed E-state index contributed by atoms with van der Waals surface area (Å²) in [6, 6.07) is 11.6. The number of pyridine rings is 1. The number of nitrogens with one attached hydrogen (secondary N) is 1. The molecule has 39 heavy (non-hydrogen) atoms. The number of piperidine rings is 1. The van der Waals surface area contributed by atoms with Crippen LogP contribution in [0.25, 0.3) is 11.1 Å². The second-order valence-electron chi connectivity index (χ2n) is 10.9. The van der Waals surface area contributed by atoms with Gasteiger partial charge in [0.1, 0.15) is 23.1 Å². The molecule has 3 aromatic rings. The highest BCUT2D eigenvalue weighted by Crippen LogP contribution is 2.34. The number of likely N-dealkylation sites (tertiary alicyclic amines) is 1. The quantitative estimate of drug-likeness (QED) is 0.496. The van der Waals surface area contributed by atoms with Crippen LogP contribution in [0.4, 0.5) is 13.2 Å². The van der Waals surface area contributed by atoms with Crippen molar-refractivity contribution >= 4 is 5.91 Å². The zero-order chi connectivity index (χ0) is 27.7. The van der Waals surface area contributed by atoms with Crippen LogP contribution in [0.2, 0.25) is 0 Å². The first-order valence-corrected chi connectivity index (χ1v) is 13.4. The molecule has 0 bridgehead atoms. The van der Waals surface area contributed by atoms with Gasteiger partial charge in [0.15, 0.2) is 0 Å². The number of hydrogen-bond donors (Lipinski definition) is 2. The second kappa shape index (κ2) is 11.5. The molecule has 2 aliphatic heterocycles. The van der Waals surface area contributed by atoms with Gasteiger partial charge in [-0.3, -0.25) is 14.7 Å². The molecular weight excluding hydrogens is 503 g/mol. The van der Waals surface area contributed by atoms with Crippen LogP contribution in [0.1, 0.15) is 54.3 Å². The summed E-state index contributed by atoms with van der Waals surface area (Å²) >= 11 is 0. The average Bonchev–Trinajstić information content (AvgIpc) is 2.88. The first kappa shape index (κ1) is 27.3. The minimum atomic E-state index is -0.713. The van der Waals surface area contributed by atoms with Gasteiger partial charge in [-0.2, -0.15) is 0 Å². The van der Waals surface area contributed by atoms with Crippen LogP contribution in [0, 0.1) is 17.5 Å². The van der Waals surface area contributed by atoms with E-state index in [1.165, 1.54) is 24.4 Å². The summed E-state index contributed by atoms with van der Waals surface area (Å²) in [7, 11) is 0. The first-order valence-electron chi connectivity index (χ1n) is 13.4. The Morgan fingerprint density at radius 1 is 1.05 bits per heavy atom. The number of nitrogens with zero attached hydrogens (tertiary/aromatic N) is 3. The topological polar surface area (TPSA) is 74.5 Å². The van der Waals surface area contributed by atoms with E-state index in [1.807, 2.05) is 6.07 Å². The van der Waals surface area contributed by atoms with Crippen molar-refractivity contribution in [3.8, 4) is 11.1 Å². The van der Waals surface area contributed by atoms with Crippen LogP contribution in [0.3, 0.4) is 0 Å². The summed E-state index contributed by atoms with van der Waals surface area (Å²) in [5.74, 6) is -2.16. The molecule has 0 radical (unpaired) electrons. The van der Waals surface area contributed by atoms with E-state index in [4.69, 9.17) is 5.73 Å². The molecule has 2 unspecified atom stereocenters. The number of aromatic nitrogens is 1. The van der Waals surface area contributed by atoms with Crippen LogP contribution in [0.15, 0.2) is 54.7 Å². The van der Waals surface area contributed by atoms with E-state index in [0.717, 1.165) is 19.2 Å². The lowest BCUT2D eigenvalue weighted by Gasteiger charge is -2.38. The van der Waals surface area contributed by atoms with E-state index in [1.54, 1.807) is 23.1 Å². The maximum absolute atomic E-state index is 15.3. The Morgan fingerprint density at radius 2 is 1.77 bits per heavy atom. The molecule has 0 saturated carbocycles. The number of rotatable bonds is 5. The third-order valence-electron chi connectivity index (χ3n) is 7.58. The molecule has 1 amide bonds. The van der Waals surface area contributed by atoms with E-state index >= 15 is 4.39 Å². The molecule has 206 valence electrons. The van der Waals surface area contributed by atoms with Gasteiger partial charge in [0, 0.05) is 67.7 Å². The SMILES string of the molecule is C[C@@H]1CN(Cc2ccc(-c3cccnc3C(=O)N3CCC(N)CC3c3cc(F)cc(F)c3)cc2F)C[C@H](C)N1. The lowest BCUT2D eigenvalue weighted by molar-refractivity contribution is 0.0586. The van der Waals surface area contributed by atoms with Crippen LogP contribution < -0.4 is 11.1 Å². The van der Waals surface area contributed by atoms with Crippen molar-refractivity contribution in [1.29, 1.82) is 0 Å². The average molecular weight is 538 g/mol. The van der Waals surface area contributed by atoms with Gasteiger partial charge in [-0.05, 0) is 62.1 Å². The summed E-state index contributed by atoms with van der Waals surface area (Å²) in [4.78, 5) is 22.0. The molecule has 3 heterocycles. The molecule has 0 spiro atoms. The van der Waals surface area contributed by atoms with Crippen molar-refractivity contribution in [2.75, 3.05) is 19.6 Å². The standard InChI is InChI=1S/C30H34F3N5O/c1-18-15-37(16-19(2)36-18)17-21-6-5-20(12-27(21)33)26-4-3-8-35-29(26)30(39)38-9-7-25(34)14-28(38)22-10-23(31)13-24(32)11-22/h3-6,8,10-13,18-19,25,28,36H,7,9,14-17,34H2,1-2H3/t18-,19+,25?,28?. The zero-order valence-electron chi connectivity index (χ0n) is 22.2. The largest absolute Gasteiger partial charge is 0.330 e. The van der Waals surface area contributed by atoms with Crippen molar-refractivity contribution in [1.82, 2.24) is 20.1 Å². The number of amides is 1. The fourth-order valence-electron chi connectivity index (χ4n) is 5.92. The van der Waals surface area contributed by atoms with Gasteiger partial charge >= 0.3 is 0 Å². The van der Waals surface area contributed by atoms with E-state index in [-0.39, 0.29) is 23.5 Å². The highest BCUT2D eigenvalue weighted by Gasteiger charge is 2.34. The van der Waals surface area contributed by atoms with Gasteiger partial charge in [-0.25, -0.2) is 13.2 Å². The second-order valence-corrected chi connectivity index (χ2v) is 10.9. The van der Waals surface area contributed by atoms with E-state index in [2.05, 4.69) is 29.0 Å². The minimum absolute atomic E-state index is 0.159. The van der Waals surface area contributed by atoms with Crippen molar-refractivity contribution in [2.24, 2.45) is 5.73 Å². The Morgan fingerprint density at radius 3 is 2.46 bits per heavy atom. The molecular formula is C30H34F3N5O. The number of carbonyl (C=O) groups excluding carboxylic acids is 1. The Balaban J connectivity index is 1.42. The van der Waals surface area contributed by atoms with Crippen LogP contribution in [-0.4, -0.2) is 58.5 Å². The molecule has 2 saturated heterocycles. The Kier molecular flexibility index (Phi) is 8.02. The maximum atomic E-state index is 15.3. The van der Waals surface area contributed by atoms with Gasteiger partial charge in [-0.1, -0.05) is 18.2 Å². The molecule has 3 N–H and O–H groups in total. The molecule has 2 aliphatic rings. The fourth-order valence-corrected chi connectivity index (χ4v) is 5.92. The van der Waals surface area contributed by atoms with Gasteiger partial charge in [-0.15, -0.1) is 0 Å². The van der Waals surface area contributed by atoms with Crippen molar-refractivity contribution < 1.29 is 18.0 Å². The van der Waals surface area contributed by atoms with Crippen LogP contribution >= 0.6 is 0 Å². The molecule has 2 aromatic carbocycles. The molecule has 4 atom stereocenters. The molecule has 0 aliphatic carbocycles. The summed E-state index contributed by atoms with van der Waals surface area (Å²) in [5, 5.41) is 3.48. The molecule has 5 rings (SSSR count). The van der Waals surface area contributed by atoms with Gasteiger partial charge < -0.3 is 16.0 Å². The van der Waals surface area contributed by atoms with Gasteiger partial charge in [0.05, 0.1) is 6.04 Å². The predicted octanol–water partition coefficient (Wildman–Crippen LogP) is 4.65. The number of benzene rings is 2. The Hall–Kier alpha value is -3.27. The van der Waals surface area contributed by atoms with Crippen molar-refractivity contribution in [3.05, 3.63) is 89.0 Å². The summed E-state index contributed by atoms with van der Waals surface area (Å²) in [6.45, 7) is 6.73. The van der Waals surface area contributed by atoms with Gasteiger partial charge in [0.2, 0.25) is 0 Å². The lowest BCUT2D eigenvalue weighted by Crippen LogP contribution is -2.53. The third kappa shape index (κ3) is 6.16. The number of piperazine rings is 1. The first-order chi connectivity index (χ1) is 18.7. The molecule has 6 nitrogen and oxygen atoms in total. The Bertz CT molecular complexity index is 1320. The fraction of sp³-hybridized carbons (Fsp3) is 0.400. The number of nitrogens with two attached hydrogens (primary N) is 1. The zero-order valence-corrected chi connectivity index (χ0v) is 22.2. The smallest absolute Gasteiger partial charge is 0.273 e. The maximum Gasteiger partial charge on any atom is 0.273 e. The van der Waals surface area contributed by atoms with Gasteiger partial charge in [0.25, 0.3) is 5.91 Å². The number of halogens is 3. The third-order valence-corrected chi connectivity index (χ3v) is 7.58. The highest BCUT2D eigenvalue weighted by atomic mass is 19.1. The molecule has 2 fully saturated rings. The van der Waals surface area contributed by atoms with E-state index in [0.29, 0.717) is 60.3 Å². The summed E-state index contributed by atoms with van der Waals surface area (Å²) < 4.78 is 43.4. The predicted molar refractivity (Wildman–Crippen MR) is 144 cm³/mol. The monoisotopic (exact) mass is 537 g/mol. The normalized spacial score (nSPS) is 24.1. The summed E-state index contributed by atoms with van der Waals surface area (Å²) in [6.07, 6.45) is 2.43. The minimum Gasteiger partial charge on any atom is -0.330 e. The molecule has 9 heteroatoms. The van der Waals surface area contributed by atoms with Crippen molar-refractivity contribution in [3.63, 3.8) is 0 Å². The highest BCUT2D eigenvalue weighted by molar-refractivity contribution is 5.99.